The Bertz CT molecular complexity index is 808. The van der Waals surface area contributed by atoms with Crippen LogP contribution in [-0.4, -0.2) is 12.6 Å². The van der Waals surface area contributed by atoms with E-state index in [0.717, 1.165) is 18.5 Å². The summed E-state index contributed by atoms with van der Waals surface area (Å²) in [4.78, 5) is 12.8. The zero-order chi connectivity index (χ0) is 20.3. The molecule has 1 saturated carbocycles. The molecule has 28 heavy (non-hydrogen) atoms. The van der Waals surface area contributed by atoms with Crippen molar-refractivity contribution in [3.63, 3.8) is 0 Å². The first-order chi connectivity index (χ1) is 13.3. The fourth-order valence-electron chi connectivity index (χ4n) is 4.42. The van der Waals surface area contributed by atoms with E-state index in [2.05, 4.69) is 87.7 Å². The monoisotopic (exact) mass is 378 g/mol. The van der Waals surface area contributed by atoms with Gasteiger partial charge in [-0.25, -0.2) is 4.79 Å². The van der Waals surface area contributed by atoms with Gasteiger partial charge in [0.05, 0.1) is 0 Å². The van der Waals surface area contributed by atoms with Gasteiger partial charge in [-0.15, -0.1) is 0 Å². The molecule has 0 heterocycles. The average Bonchev–Trinajstić information content (AvgIpc) is 2.62. The summed E-state index contributed by atoms with van der Waals surface area (Å²) in [7, 11) is 0. The second-order valence-corrected chi connectivity index (χ2v) is 8.88. The third kappa shape index (κ3) is 4.09. The van der Waals surface area contributed by atoms with Gasteiger partial charge >= 0.3 is 6.03 Å². The number of rotatable bonds is 6. The lowest BCUT2D eigenvalue weighted by atomic mass is 9.63. The highest BCUT2D eigenvalue weighted by atomic mass is 16.2. The number of aryl methyl sites for hydroxylation is 1. The first-order valence-corrected chi connectivity index (χ1v) is 10.6. The van der Waals surface area contributed by atoms with Crippen LogP contribution in [0.25, 0.3) is 0 Å². The van der Waals surface area contributed by atoms with E-state index < -0.39 is 0 Å². The third-order valence-electron chi connectivity index (χ3n) is 6.23. The molecule has 3 rings (SSSR count). The van der Waals surface area contributed by atoms with Crippen LogP contribution in [0.5, 0.6) is 0 Å². The van der Waals surface area contributed by atoms with Crippen molar-refractivity contribution in [1.29, 1.82) is 0 Å². The third-order valence-corrected chi connectivity index (χ3v) is 6.23. The van der Waals surface area contributed by atoms with Crippen LogP contribution in [0.3, 0.4) is 0 Å². The van der Waals surface area contributed by atoms with E-state index in [9.17, 15) is 4.79 Å². The van der Waals surface area contributed by atoms with Crippen LogP contribution in [0.15, 0.2) is 42.5 Å². The summed E-state index contributed by atoms with van der Waals surface area (Å²) in [6, 6.07) is 14.8. The molecular formula is C25H34N2O. The zero-order valence-electron chi connectivity index (χ0n) is 17.9. The number of carbonyl (C=O) groups excluding carboxylic acids is 1. The van der Waals surface area contributed by atoms with Gasteiger partial charge in [-0.3, -0.25) is 0 Å². The number of anilines is 1. The Morgan fingerprint density at radius 1 is 0.964 bits per heavy atom. The van der Waals surface area contributed by atoms with Gasteiger partial charge in [0.1, 0.15) is 0 Å². The van der Waals surface area contributed by atoms with Crippen molar-refractivity contribution in [2.24, 2.45) is 0 Å². The minimum Gasteiger partial charge on any atom is -0.337 e. The summed E-state index contributed by atoms with van der Waals surface area (Å²) in [6.45, 7) is 11.5. The SMILES string of the molecule is Cc1ccccc1C1(CNC(=O)Nc2c(C(C)C)cccc2C(C)C)CCC1. The molecule has 1 fully saturated rings. The Morgan fingerprint density at radius 3 is 2.07 bits per heavy atom. The minimum atomic E-state index is -0.102. The van der Waals surface area contributed by atoms with Gasteiger partial charge in [-0.2, -0.15) is 0 Å². The predicted molar refractivity (Wildman–Crippen MR) is 118 cm³/mol. The number of para-hydroxylation sites is 1. The van der Waals surface area contributed by atoms with Gasteiger partial charge in [0.15, 0.2) is 0 Å². The van der Waals surface area contributed by atoms with Crippen LogP contribution in [0.1, 0.15) is 81.0 Å². The molecule has 0 atom stereocenters. The Hall–Kier alpha value is -2.29. The number of benzene rings is 2. The first-order valence-electron chi connectivity index (χ1n) is 10.6. The molecule has 0 aliphatic heterocycles. The summed E-state index contributed by atoms with van der Waals surface area (Å²) in [5, 5.41) is 6.36. The lowest BCUT2D eigenvalue weighted by Crippen LogP contribution is -2.47. The van der Waals surface area contributed by atoms with Crippen LogP contribution < -0.4 is 10.6 Å². The summed E-state index contributed by atoms with van der Waals surface area (Å²) >= 11 is 0. The Kier molecular flexibility index (Phi) is 6.12. The normalized spacial score (nSPS) is 15.4. The van der Waals surface area contributed by atoms with E-state index in [1.54, 1.807) is 0 Å². The quantitative estimate of drug-likeness (QED) is 0.593. The number of urea groups is 1. The molecule has 3 nitrogen and oxygen atoms in total. The Balaban J connectivity index is 1.76. The number of nitrogens with one attached hydrogen (secondary N) is 2. The predicted octanol–water partition coefficient (Wildman–Crippen LogP) is 6.49. The lowest BCUT2D eigenvalue weighted by Gasteiger charge is -2.43. The molecule has 1 aliphatic carbocycles. The second kappa shape index (κ2) is 8.38. The second-order valence-electron chi connectivity index (χ2n) is 8.88. The fourth-order valence-corrected chi connectivity index (χ4v) is 4.42. The largest absolute Gasteiger partial charge is 0.337 e. The molecule has 1 aliphatic rings. The van der Waals surface area contributed by atoms with Gasteiger partial charge in [-0.1, -0.05) is 76.6 Å². The van der Waals surface area contributed by atoms with Gasteiger partial charge in [0, 0.05) is 17.6 Å². The van der Waals surface area contributed by atoms with E-state index in [1.807, 2.05) is 0 Å². The van der Waals surface area contributed by atoms with E-state index in [-0.39, 0.29) is 11.4 Å². The molecule has 2 aromatic carbocycles. The van der Waals surface area contributed by atoms with Crippen molar-refractivity contribution in [1.82, 2.24) is 5.32 Å². The van der Waals surface area contributed by atoms with Crippen molar-refractivity contribution in [3.8, 4) is 0 Å². The van der Waals surface area contributed by atoms with Gasteiger partial charge in [0.25, 0.3) is 0 Å². The van der Waals surface area contributed by atoms with Gasteiger partial charge < -0.3 is 10.6 Å². The highest BCUT2D eigenvalue weighted by Crippen LogP contribution is 2.44. The van der Waals surface area contributed by atoms with Gasteiger partial charge in [0.2, 0.25) is 0 Å². The fraction of sp³-hybridized carbons (Fsp3) is 0.480. The molecule has 0 unspecified atom stereocenters. The summed E-state index contributed by atoms with van der Waals surface area (Å²) < 4.78 is 0. The van der Waals surface area contributed by atoms with Crippen LogP contribution in [0.4, 0.5) is 10.5 Å². The minimum absolute atomic E-state index is 0.0845. The molecule has 2 aromatic rings. The molecule has 0 bridgehead atoms. The molecular weight excluding hydrogens is 344 g/mol. The molecule has 0 aromatic heterocycles. The zero-order valence-corrected chi connectivity index (χ0v) is 17.9. The molecule has 0 spiro atoms. The highest BCUT2D eigenvalue weighted by Gasteiger charge is 2.39. The van der Waals surface area contributed by atoms with Crippen molar-refractivity contribution in [2.45, 2.75) is 71.1 Å². The van der Waals surface area contributed by atoms with Crippen molar-refractivity contribution in [3.05, 3.63) is 64.7 Å². The van der Waals surface area contributed by atoms with Crippen LogP contribution in [0.2, 0.25) is 0 Å². The van der Waals surface area contributed by atoms with Crippen LogP contribution >= 0.6 is 0 Å². The molecule has 2 amide bonds. The number of hydrogen-bond donors (Lipinski definition) is 2. The lowest BCUT2D eigenvalue weighted by molar-refractivity contribution is 0.221. The van der Waals surface area contributed by atoms with Crippen LogP contribution in [0, 0.1) is 6.92 Å². The van der Waals surface area contributed by atoms with E-state index in [4.69, 9.17) is 0 Å². The maximum Gasteiger partial charge on any atom is 0.319 e. The number of amides is 2. The van der Waals surface area contributed by atoms with Crippen molar-refractivity contribution in [2.75, 3.05) is 11.9 Å². The van der Waals surface area contributed by atoms with Crippen LogP contribution in [-0.2, 0) is 5.41 Å². The summed E-state index contributed by atoms with van der Waals surface area (Å²) in [6.07, 6.45) is 3.50. The molecule has 0 saturated heterocycles. The molecule has 150 valence electrons. The number of hydrogen-bond acceptors (Lipinski definition) is 1. The smallest absolute Gasteiger partial charge is 0.319 e. The van der Waals surface area contributed by atoms with Crippen molar-refractivity contribution < 1.29 is 4.79 Å². The standard InChI is InChI=1S/C25H34N2O/c1-17(2)20-11-8-12-21(18(3)4)23(20)27-24(28)26-16-25(14-9-15-25)22-13-7-6-10-19(22)5/h6-8,10-13,17-18H,9,14-16H2,1-5H3,(H2,26,27,28). The van der Waals surface area contributed by atoms with E-state index in [1.165, 1.54) is 28.7 Å². The molecule has 0 radical (unpaired) electrons. The Labute approximate surface area is 169 Å². The number of carbonyl (C=O) groups is 1. The van der Waals surface area contributed by atoms with Gasteiger partial charge in [-0.05, 0) is 53.9 Å². The maximum atomic E-state index is 12.8. The van der Waals surface area contributed by atoms with E-state index >= 15 is 0 Å². The van der Waals surface area contributed by atoms with Crippen molar-refractivity contribution >= 4 is 11.7 Å². The van der Waals surface area contributed by atoms with E-state index in [0.29, 0.717) is 18.4 Å². The Morgan fingerprint density at radius 2 is 1.57 bits per heavy atom. The topological polar surface area (TPSA) is 41.1 Å². The summed E-state index contributed by atoms with van der Waals surface area (Å²) in [5.41, 5.74) is 6.14. The first kappa shape index (κ1) is 20.4. The highest BCUT2D eigenvalue weighted by molar-refractivity contribution is 5.91. The summed E-state index contributed by atoms with van der Waals surface area (Å²) in [5.74, 6) is 0.720. The molecule has 2 N–H and O–H groups in total. The molecule has 3 heteroatoms. The average molecular weight is 379 g/mol. The maximum absolute atomic E-state index is 12.8.